The van der Waals surface area contributed by atoms with Crippen LogP contribution in [-0.4, -0.2) is 22.4 Å². The van der Waals surface area contributed by atoms with Crippen LogP contribution in [0.5, 0.6) is 0 Å². The van der Waals surface area contributed by atoms with Crippen molar-refractivity contribution in [1.29, 1.82) is 0 Å². The van der Waals surface area contributed by atoms with Crippen LogP contribution in [0.15, 0.2) is 12.2 Å². The minimum atomic E-state index is -0.721. The molecule has 0 heterocycles. The minimum Gasteiger partial charge on any atom is -0.396 e. The second-order valence-corrected chi connectivity index (χ2v) is 6.25. The molecule has 0 amide bonds. The first-order valence-electron chi connectivity index (χ1n) is 6.40. The summed E-state index contributed by atoms with van der Waals surface area (Å²) in [4.78, 5) is 0. The van der Waals surface area contributed by atoms with Gasteiger partial charge in [0, 0.05) is 5.41 Å². The van der Waals surface area contributed by atoms with E-state index in [0.29, 0.717) is 11.8 Å². The van der Waals surface area contributed by atoms with E-state index in [1.165, 1.54) is 5.57 Å². The Hall–Kier alpha value is -0.340. The molecular weight excluding hydrogens is 200 g/mol. The first-order valence-corrected chi connectivity index (χ1v) is 6.40. The van der Waals surface area contributed by atoms with Crippen molar-refractivity contribution >= 4 is 0 Å². The number of aliphatic hydroxyl groups excluding tert-OH is 1. The molecule has 2 aliphatic rings. The van der Waals surface area contributed by atoms with Gasteiger partial charge in [-0.15, -0.1) is 0 Å². The van der Waals surface area contributed by atoms with Gasteiger partial charge in [-0.3, -0.25) is 0 Å². The lowest BCUT2D eigenvalue weighted by Gasteiger charge is -2.56. The van der Waals surface area contributed by atoms with Crippen LogP contribution in [0.3, 0.4) is 0 Å². The fourth-order valence-electron chi connectivity index (χ4n) is 3.79. The van der Waals surface area contributed by atoms with Crippen molar-refractivity contribution in [2.24, 2.45) is 17.3 Å². The lowest BCUT2D eigenvalue weighted by Crippen LogP contribution is -2.57. The van der Waals surface area contributed by atoms with Crippen molar-refractivity contribution in [2.75, 3.05) is 6.61 Å². The predicted molar refractivity (Wildman–Crippen MR) is 65.0 cm³/mol. The number of allylic oxidation sites excluding steroid dienone is 1. The molecule has 2 aliphatic carbocycles. The van der Waals surface area contributed by atoms with Gasteiger partial charge in [0.15, 0.2) is 0 Å². The fraction of sp³-hybridized carbons (Fsp3) is 0.857. The summed E-state index contributed by atoms with van der Waals surface area (Å²) >= 11 is 0. The Labute approximate surface area is 98.4 Å². The molecule has 0 bridgehead atoms. The molecule has 0 aromatic heterocycles. The van der Waals surface area contributed by atoms with E-state index in [9.17, 15) is 10.2 Å². The van der Waals surface area contributed by atoms with Crippen molar-refractivity contribution in [1.82, 2.24) is 0 Å². The molecule has 0 spiro atoms. The van der Waals surface area contributed by atoms with Gasteiger partial charge in [-0.25, -0.2) is 0 Å². The highest BCUT2D eigenvalue weighted by Gasteiger charge is 2.54. The van der Waals surface area contributed by atoms with Crippen LogP contribution < -0.4 is 0 Å². The van der Waals surface area contributed by atoms with Gasteiger partial charge in [-0.2, -0.15) is 0 Å². The molecule has 2 N–H and O–H groups in total. The molecule has 92 valence electrons. The Morgan fingerprint density at radius 1 is 1.38 bits per heavy atom. The highest BCUT2D eigenvalue weighted by molar-refractivity contribution is 5.10. The van der Waals surface area contributed by atoms with Gasteiger partial charge in [0.2, 0.25) is 0 Å². The average Bonchev–Trinajstić information content (AvgIpc) is 2.24. The fourth-order valence-corrected chi connectivity index (χ4v) is 3.79. The molecule has 2 heteroatoms. The Morgan fingerprint density at radius 2 is 2.06 bits per heavy atom. The van der Waals surface area contributed by atoms with Crippen LogP contribution in [0.4, 0.5) is 0 Å². The summed E-state index contributed by atoms with van der Waals surface area (Å²) in [5.41, 5.74) is 0.293. The van der Waals surface area contributed by atoms with Crippen LogP contribution in [-0.2, 0) is 0 Å². The second kappa shape index (κ2) is 3.85. The quantitative estimate of drug-likeness (QED) is 0.672. The second-order valence-electron chi connectivity index (χ2n) is 6.25. The molecule has 2 saturated carbocycles. The molecule has 2 fully saturated rings. The van der Waals surface area contributed by atoms with E-state index in [1.54, 1.807) is 0 Å². The lowest BCUT2D eigenvalue weighted by atomic mass is 9.52. The third-order valence-electron chi connectivity index (χ3n) is 5.31. The molecule has 0 saturated heterocycles. The van der Waals surface area contributed by atoms with E-state index in [2.05, 4.69) is 13.5 Å². The Morgan fingerprint density at radius 3 is 2.69 bits per heavy atom. The van der Waals surface area contributed by atoms with Gasteiger partial charge in [0.25, 0.3) is 0 Å². The Kier molecular flexibility index (Phi) is 2.92. The van der Waals surface area contributed by atoms with Gasteiger partial charge in [-0.05, 0) is 50.9 Å². The van der Waals surface area contributed by atoms with Gasteiger partial charge in [-0.1, -0.05) is 19.1 Å². The number of hydrogen-bond donors (Lipinski definition) is 2. The van der Waals surface area contributed by atoms with Crippen molar-refractivity contribution in [3.63, 3.8) is 0 Å². The number of fused-ring (bicyclic) bond motifs is 1. The van der Waals surface area contributed by atoms with Crippen LogP contribution in [0.25, 0.3) is 0 Å². The molecular formula is C14H24O2. The minimum absolute atomic E-state index is 0.0909. The van der Waals surface area contributed by atoms with Gasteiger partial charge >= 0.3 is 0 Å². The predicted octanol–water partition coefficient (Wildman–Crippen LogP) is 2.50. The highest BCUT2D eigenvalue weighted by Crippen LogP contribution is 2.55. The maximum Gasteiger partial charge on any atom is 0.0697 e. The topological polar surface area (TPSA) is 40.5 Å². The van der Waals surface area contributed by atoms with E-state index >= 15 is 0 Å². The third-order valence-corrected chi connectivity index (χ3v) is 5.31. The Balaban J connectivity index is 2.27. The van der Waals surface area contributed by atoms with Crippen LogP contribution >= 0.6 is 0 Å². The number of aliphatic hydroxyl groups is 2. The van der Waals surface area contributed by atoms with Gasteiger partial charge in [0.1, 0.15) is 0 Å². The summed E-state index contributed by atoms with van der Waals surface area (Å²) in [6.45, 7) is 8.13. The van der Waals surface area contributed by atoms with Crippen molar-refractivity contribution in [2.45, 2.75) is 51.6 Å². The number of hydrogen-bond acceptors (Lipinski definition) is 2. The van der Waals surface area contributed by atoms with Gasteiger partial charge in [0.05, 0.1) is 12.2 Å². The highest BCUT2D eigenvalue weighted by atomic mass is 16.3. The summed E-state index contributed by atoms with van der Waals surface area (Å²) in [7, 11) is 0. The molecule has 2 rings (SSSR count). The normalized spacial score (nSPS) is 48.9. The number of rotatable bonds is 1. The molecule has 0 aromatic rings. The zero-order chi connectivity index (χ0) is 12.0. The summed E-state index contributed by atoms with van der Waals surface area (Å²) in [6, 6.07) is 0. The third kappa shape index (κ3) is 1.63. The molecule has 4 unspecified atom stereocenters. The molecule has 4 atom stereocenters. The summed E-state index contributed by atoms with van der Waals surface area (Å²) in [6.07, 6.45) is 5.12. The van der Waals surface area contributed by atoms with Crippen molar-refractivity contribution in [3.05, 3.63) is 12.2 Å². The smallest absolute Gasteiger partial charge is 0.0697 e. The average molecular weight is 224 g/mol. The van der Waals surface area contributed by atoms with Crippen LogP contribution in [0.2, 0.25) is 0 Å². The van der Waals surface area contributed by atoms with Crippen LogP contribution in [0, 0.1) is 17.3 Å². The molecule has 2 nitrogen and oxygen atoms in total. The van der Waals surface area contributed by atoms with Gasteiger partial charge < -0.3 is 10.2 Å². The van der Waals surface area contributed by atoms with Crippen molar-refractivity contribution in [3.8, 4) is 0 Å². The summed E-state index contributed by atoms with van der Waals surface area (Å²) in [5.74, 6) is 1.07. The maximum absolute atomic E-state index is 10.5. The van der Waals surface area contributed by atoms with E-state index in [4.69, 9.17) is 0 Å². The first-order chi connectivity index (χ1) is 7.40. The van der Waals surface area contributed by atoms with Crippen molar-refractivity contribution < 1.29 is 10.2 Å². The first kappa shape index (κ1) is 12.1. The lowest BCUT2D eigenvalue weighted by molar-refractivity contribution is -0.167. The van der Waals surface area contributed by atoms with E-state index in [1.807, 2.05) is 6.92 Å². The zero-order valence-electron chi connectivity index (χ0n) is 10.5. The monoisotopic (exact) mass is 224 g/mol. The molecule has 0 aliphatic heterocycles. The Bertz CT molecular complexity index is 295. The van der Waals surface area contributed by atoms with E-state index in [0.717, 1.165) is 32.1 Å². The zero-order valence-corrected chi connectivity index (χ0v) is 10.5. The maximum atomic E-state index is 10.5. The standard InChI is InChI=1S/C14H24O2/c1-10-4-5-12-11(8-10)6-7-14(3,16)13(12,2)9-15/h11-12,15-16H,1,4-9H2,2-3H3. The summed E-state index contributed by atoms with van der Waals surface area (Å²) < 4.78 is 0. The molecule has 16 heavy (non-hydrogen) atoms. The largest absolute Gasteiger partial charge is 0.396 e. The van der Waals surface area contributed by atoms with E-state index < -0.39 is 5.60 Å². The molecule has 0 aromatic carbocycles. The van der Waals surface area contributed by atoms with E-state index in [-0.39, 0.29) is 12.0 Å². The summed E-state index contributed by atoms with van der Waals surface area (Å²) in [5, 5.41) is 20.2. The van der Waals surface area contributed by atoms with Crippen LogP contribution in [0.1, 0.15) is 46.0 Å². The molecule has 0 radical (unpaired) electrons. The SMILES string of the molecule is C=C1CCC2C(CCC(C)(O)C2(C)CO)C1.